The van der Waals surface area contributed by atoms with Gasteiger partial charge >= 0.3 is 0 Å². The lowest BCUT2D eigenvalue weighted by Gasteiger charge is -1.94. The number of rotatable bonds is 1. The zero-order valence-electron chi connectivity index (χ0n) is 8.98. The van der Waals surface area contributed by atoms with E-state index in [4.69, 9.17) is 17.3 Å². The van der Waals surface area contributed by atoms with Gasteiger partial charge < -0.3 is 10.7 Å². The number of H-pyrrole nitrogens is 1. The highest BCUT2D eigenvalue weighted by Gasteiger charge is 2.11. The standard InChI is InChI=1S/C10H9ClN6/c1-17-13-4-8(16-17)10-14-7-3-5(11)2-6(12)9(7)15-10/h2-4H,12H2,1H3,(H,14,15). The molecule has 0 bridgehead atoms. The molecule has 0 unspecified atom stereocenters. The van der Waals surface area contributed by atoms with Gasteiger partial charge in [-0.25, -0.2) is 4.98 Å². The molecule has 0 saturated carbocycles. The predicted molar refractivity (Wildman–Crippen MR) is 65.5 cm³/mol. The van der Waals surface area contributed by atoms with Crippen LogP contribution in [-0.4, -0.2) is 25.0 Å². The fraction of sp³-hybridized carbons (Fsp3) is 0.100. The second-order valence-electron chi connectivity index (χ2n) is 3.70. The van der Waals surface area contributed by atoms with Crippen LogP contribution in [0.15, 0.2) is 18.3 Å². The third-order valence-electron chi connectivity index (χ3n) is 2.42. The first-order valence-corrected chi connectivity index (χ1v) is 5.33. The van der Waals surface area contributed by atoms with E-state index in [2.05, 4.69) is 20.2 Å². The number of nitrogens with one attached hydrogen (secondary N) is 1. The lowest BCUT2D eigenvalue weighted by molar-refractivity contribution is 0.655. The minimum absolute atomic E-state index is 0.541. The summed E-state index contributed by atoms with van der Waals surface area (Å²) in [4.78, 5) is 8.97. The highest BCUT2D eigenvalue weighted by molar-refractivity contribution is 6.31. The lowest BCUT2D eigenvalue weighted by Crippen LogP contribution is -1.92. The van der Waals surface area contributed by atoms with E-state index >= 15 is 0 Å². The number of imidazole rings is 1. The third kappa shape index (κ3) is 1.62. The summed E-state index contributed by atoms with van der Waals surface area (Å²) in [7, 11) is 1.75. The molecule has 1 aromatic carbocycles. The Morgan fingerprint density at radius 3 is 2.94 bits per heavy atom. The van der Waals surface area contributed by atoms with E-state index in [1.807, 2.05) is 0 Å². The zero-order valence-corrected chi connectivity index (χ0v) is 9.73. The molecule has 86 valence electrons. The summed E-state index contributed by atoms with van der Waals surface area (Å²) in [5.41, 5.74) is 8.53. The molecular formula is C10H9ClN6. The lowest BCUT2D eigenvalue weighted by atomic mass is 10.3. The first-order chi connectivity index (χ1) is 8.13. The number of anilines is 1. The van der Waals surface area contributed by atoms with Crippen molar-refractivity contribution < 1.29 is 0 Å². The van der Waals surface area contributed by atoms with Crippen molar-refractivity contribution in [3.63, 3.8) is 0 Å². The number of aromatic nitrogens is 5. The Morgan fingerprint density at radius 1 is 1.41 bits per heavy atom. The fourth-order valence-corrected chi connectivity index (χ4v) is 1.91. The molecule has 3 rings (SSSR count). The van der Waals surface area contributed by atoms with Crippen LogP contribution < -0.4 is 5.73 Å². The van der Waals surface area contributed by atoms with E-state index in [0.29, 0.717) is 27.7 Å². The smallest absolute Gasteiger partial charge is 0.160 e. The third-order valence-corrected chi connectivity index (χ3v) is 2.64. The number of halogens is 1. The highest BCUT2D eigenvalue weighted by Crippen LogP contribution is 2.26. The molecule has 3 aromatic rings. The second-order valence-corrected chi connectivity index (χ2v) is 4.13. The molecule has 0 atom stereocenters. The van der Waals surface area contributed by atoms with E-state index < -0.39 is 0 Å². The van der Waals surface area contributed by atoms with Crippen molar-refractivity contribution >= 4 is 28.3 Å². The summed E-state index contributed by atoms with van der Waals surface area (Å²) in [5, 5.41) is 8.73. The first kappa shape index (κ1) is 10.1. The molecule has 0 aliphatic heterocycles. The topological polar surface area (TPSA) is 85.4 Å². The van der Waals surface area contributed by atoms with Crippen molar-refractivity contribution in [1.82, 2.24) is 25.0 Å². The molecule has 0 aliphatic carbocycles. The van der Waals surface area contributed by atoms with Gasteiger partial charge in [-0.2, -0.15) is 15.0 Å². The zero-order chi connectivity index (χ0) is 12.0. The maximum absolute atomic E-state index is 5.92. The van der Waals surface area contributed by atoms with Gasteiger partial charge in [0.15, 0.2) is 5.82 Å². The number of benzene rings is 1. The van der Waals surface area contributed by atoms with Crippen molar-refractivity contribution in [1.29, 1.82) is 0 Å². The van der Waals surface area contributed by atoms with Crippen LogP contribution in [0.1, 0.15) is 0 Å². The summed E-state index contributed by atoms with van der Waals surface area (Å²) in [6.07, 6.45) is 1.63. The fourth-order valence-electron chi connectivity index (χ4n) is 1.68. The average Bonchev–Trinajstić information content (AvgIpc) is 2.83. The largest absolute Gasteiger partial charge is 0.397 e. The van der Waals surface area contributed by atoms with E-state index in [9.17, 15) is 0 Å². The van der Waals surface area contributed by atoms with Gasteiger partial charge in [0.2, 0.25) is 0 Å². The average molecular weight is 249 g/mol. The Labute approximate surface area is 101 Å². The maximum atomic E-state index is 5.92. The summed E-state index contributed by atoms with van der Waals surface area (Å²) in [5.74, 6) is 0.627. The molecule has 7 heteroatoms. The number of nitrogens with two attached hydrogens (primary N) is 1. The summed E-state index contributed by atoms with van der Waals surface area (Å²) >= 11 is 5.92. The van der Waals surface area contributed by atoms with Gasteiger partial charge in [-0.1, -0.05) is 11.6 Å². The Bertz CT molecular complexity index is 698. The normalized spacial score (nSPS) is 11.2. The monoisotopic (exact) mass is 248 g/mol. The van der Waals surface area contributed by atoms with E-state index in [0.717, 1.165) is 5.52 Å². The molecule has 2 heterocycles. The van der Waals surface area contributed by atoms with E-state index in [1.165, 1.54) is 4.80 Å². The number of aromatic amines is 1. The van der Waals surface area contributed by atoms with Gasteiger partial charge in [-0.3, -0.25) is 0 Å². The van der Waals surface area contributed by atoms with Crippen molar-refractivity contribution in [2.24, 2.45) is 7.05 Å². The van der Waals surface area contributed by atoms with Crippen molar-refractivity contribution in [3.8, 4) is 11.5 Å². The molecule has 0 fully saturated rings. The van der Waals surface area contributed by atoms with Crippen LogP contribution in [0.5, 0.6) is 0 Å². The predicted octanol–water partition coefficient (Wildman–Crippen LogP) is 1.59. The number of nitrogen functional groups attached to an aromatic ring is 1. The first-order valence-electron chi connectivity index (χ1n) is 4.95. The maximum Gasteiger partial charge on any atom is 0.160 e. The summed E-state index contributed by atoms with van der Waals surface area (Å²) in [6, 6.07) is 3.45. The van der Waals surface area contributed by atoms with Gasteiger partial charge in [0.05, 0.1) is 17.4 Å². The SMILES string of the molecule is Cn1ncc(-c2nc3c(N)cc(Cl)cc3[nH]2)n1. The molecule has 0 aliphatic rings. The quantitative estimate of drug-likeness (QED) is 0.641. The second kappa shape index (κ2) is 3.46. The van der Waals surface area contributed by atoms with E-state index in [1.54, 1.807) is 25.4 Å². The minimum Gasteiger partial charge on any atom is -0.397 e. The van der Waals surface area contributed by atoms with Crippen molar-refractivity contribution in [3.05, 3.63) is 23.4 Å². The molecule has 2 aromatic heterocycles. The molecule has 17 heavy (non-hydrogen) atoms. The van der Waals surface area contributed by atoms with Gasteiger partial charge in [0.1, 0.15) is 11.2 Å². The number of nitrogens with zero attached hydrogens (tertiary/aromatic N) is 4. The van der Waals surface area contributed by atoms with Gasteiger partial charge in [-0.05, 0) is 12.1 Å². The van der Waals surface area contributed by atoms with Crippen LogP contribution in [-0.2, 0) is 7.05 Å². The van der Waals surface area contributed by atoms with Crippen LogP contribution in [0, 0.1) is 0 Å². The Morgan fingerprint density at radius 2 is 2.24 bits per heavy atom. The molecule has 6 nitrogen and oxygen atoms in total. The van der Waals surface area contributed by atoms with Crippen LogP contribution in [0.4, 0.5) is 5.69 Å². The van der Waals surface area contributed by atoms with Crippen LogP contribution in [0.2, 0.25) is 5.02 Å². The molecular weight excluding hydrogens is 240 g/mol. The van der Waals surface area contributed by atoms with E-state index in [-0.39, 0.29) is 0 Å². The molecule has 0 amide bonds. The number of hydrogen-bond donors (Lipinski definition) is 2. The molecule has 0 radical (unpaired) electrons. The Kier molecular flexibility index (Phi) is 2.05. The number of fused-ring (bicyclic) bond motifs is 1. The minimum atomic E-state index is 0.541. The van der Waals surface area contributed by atoms with Crippen molar-refractivity contribution in [2.75, 3.05) is 5.73 Å². The highest BCUT2D eigenvalue weighted by atomic mass is 35.5. The van der Waals surface area contributed by atoms with Crippen LogP contribution in [0.25, 0.3) is 22.6 Å². The number of hydrogen-bond acceptors (Lipinski definition) is 4. The van der Waals surface area contributed by atoms with Gasteiger partial charge in [-0.15, -0.1) is 0 Å². The van der Waals surface area contributed by atoms with Crippen LogP contribution in [0.3, 0.4) is 0 Å². The van der Waals surface area contributed by atoms with Gasteiger partial charge in [0.25, 0.3) is 0 Å². The number of aryl methyl sites for hydroxylation is 1. The van der Waals surface area contributed by atoms with Crippen molar-refractivity contribution in [2.45, 2.75) is 0 Å². The molecule has 0 saturated heterocycles. The summed E-state index contributed by atoms with van der Waals surface area (Å²) < 4.78 is 0. The molecule has 3 N–H and O–H groups in total. The summed E-state index contributed by atoms with van der Waals surface area (Å²) in [6.45, 7) is 0. The van der Waals surface area contributed by atoms with Gasteiger partial charge in [0, 0.05) is 12.1 Å². The molecule has 0 spiro atoms. The Balaban J connectivity index is 2.23. The Hall–Kier alpha value is -2.08. The van der Waals surface area contributed by atoms with Crippen LogP contribution >= 0.6 is 11.6 Å².